The predicted molar refractivity (Wildman–Crippen MR) is 77.0 cm³/mol. The van der Waals surface area contributed by atoms with Gasteiger partial charge in [0.1, 0.15) is 5.82 Å². The molecule has 0 amide bonds. The highest BCUT2D eigenvalue weighted by atomic mass is 32.2. The quantitative estimate of drug-likeness (QED) is 0.936. The minimum absolute atomic E-state index is 0.335. The van der Waals surface area contributed by atoms with E-state index < -0.39 is 5.97 Å². The van der Waals surface area contributed by atoms with Crippen LogP contribution in [0.2, 0.25) is 0 Å². The summed E-state index contributed by atoms with van der Waals surface area (Å²) < 4.78 is 2.25. The van der Waals surface area contributed by atoms with Crippen LogP contribution in [0.4, 0.5) is 0 Å². The van der Waals surface area contributed by atoms with E-state index in [4.69, 9.17) is 5.11 Å². The van der Waals surface area contributed by atoms with Crippen molar-refractivity contribution in [2.24, 2.45) is 0 Å². The predicted octanol–water partition coefficient (Wildman–Crippen LogP) is 2.97. The molecule has 1 unspecified atom stereocenters. The van der Waals surface area contributed by atoms with Crippen LogP contribution in [-0.2, 0) is 6.42 Å². The number of carboxylic acids is 1. The Labute approximate surface area is 115 Å². The molecule has 19 heavy (non-hydrogen) atoms. The first-order valence-electron chi connectivity index (χ1n) is 6.52. The topological polar surface area (TPSA) is 55.1 Å². The molecule has 3 rings (SSSR count). The molecule has 2 aromatic rings. The minimum Gasteiger partial charge on any atom is -0.478 e. The fourth-order valence-electron chi connectivity index (χ4n) is 2.66. The number of aryl methyl sites for hydroxylation is 1. The highest BCUT2D eigenvalue weighted by Crippen LogP contribution is 2.32. The summed E-state index contributed by atoms with van der Waals surface area (Å²) in [4.78, 5) is 15.8. The standard InChI is InChI=1S/C14H16N2O2S/c1-2-13-15-11-4-3-9(14(17)18)7-12(11)16(13)10-5-6-19-8-10/h3-4,7,10H,2,5-6,8H2,1H3,(H,17,18). The number of aromatic carboxylic acids is 1. The van der Waals surface area contributed by atoms with E-state index >= 15 is 0 Å². The van der Waals surface area contributed by atoms with Crippen molar-refractivity contribution in [1.29, 1.82) is 0 Å². The molecule has 2 heterocycles. The summed E-state index contributed by atoms with van der Waals surface area (Å²) in [7, 11) is 0. The zero-order valence-corrected chi connectivity index (χ0v) is 11.6. The van der Waals surface area contributed by atoms with Crippen molar-refractivity contribution in [2.75, 3.05) is 11.5 Å². The van der Waals surface area contributed by atoms with E-state index in [1.807, 2.05) is 17.8 Å². The smallest absolute Gasteiger partial charge is 0.335 e. The van der Waals surface area contributed by atoms with Gasteiger partial charge in [-0.1, -0.05) is 6.92 Å². The molecule has 4 nitrogen and oxygen atoms in total. The van der Waals surface area contributed by atoms with E-state index in [0.29, 0.717) is 11.6 Å². The fourth-order valence-corrected chi connectivity index (χ4v) is 3.85. The van der Waals surface area contributed by atoms with Crippen LogP contribution in [-0.4, -0.2) is 32.1 Å². The van der Waals surface area contributed by atoms with Crippen LogP contribution in [0.1, 0.15) is 35.6 Å². The van der Waals surface area contributed by atoms with Gasteiger partial charge in [0.2, 0.25) is 0 Å². The number of rotatable bonds is 3. The average molecular weight is 276 g/mol. The molecule has 100 valence electrons. The number of carboxylic acid groups (broad SMARTS) is 1. The van der Waals surface area contributed by atoms with Crippen molar-refractivity contribution in [2.45, 2.75) is 25.8 Å². The van der Waals surface area contributed by atoms with E-state index in [0.717, 1.165) is 35.5 Å². The number of hydrogen-bond acceptors (Lipinski definition) is 3. The van der Waals surface area contributed by atoms with Gasteiger partial charge in [-0.3, -0.25) is 0 Å². The van der Waals surface area contributed by atoms with Crippen molar-refractivity contribution in [3.8, 4) is 0 Å². The largest absolute Gasteiger partial charge is 0.478 e. The molecule has 0 radical (unpaired) electrons. The first-order valence-corrected chi connectivity index (χ1v) is 7.68. The third-order valence-electron chi connectivity index (χ3n) is 3.60. The van der Waals surface area contributed by atoms with Crippen LogP contribution in [0.25, 0.3) is 11.0 Å². The monoisotopic (exact) mass is 276 g/mol. The summed E-state index contributed by atoms with van der Waals surface area (Å²) in [5.41, 5.74) is 2.20. The fraction of sp³-hybridized carbons (Fsp3) is 0.429. The first-order chi connectivity index (χ1) is 9.20. The Balaban J connectivity index is 2.20. The van der Waals surface area contributed by atoms with Gasteiger partial charge in [0.05, 0.1) is 16.6 Å². The highest BCUT2D eigenvalue weighted by molar-refractivity contribution is 7.99. The molecule has 0 aliphatic carbocycles. The second-order valence-corrected chi connectivity index (χ2v) is 5.93. The molecule has 1 aromatic carbocycles. The van der Waals surface area contributed by atoms with E-state index in [-0.39, 0.29) is 0 Å². The summed E-state index contributed by atoms with van der Waals surface area (Å²) >= 11 is 1.95. The Bertz CT molecular complexity index is 630. The second-order valence-electron chi connectivity index (χ2n) is 4.78. The number of benzene rings is 1. The lowest BCUT2D eigenvalue weighted by Crippen LogP contribution is -2.11. The third-order valence-corrected chi connectivity index (χ3v) is 4.74. The average Bonchev–Trinajstić information content (AvgIpc) is 3.03. The van der Waals surface area contributed by atoms with E-state index in [2.05, 4.69) is 16.5 Å². The van der Waals surface area contributed by atoms with Gasteiger partial charge < -0.3 is 9.67 Å². The Morgan fingerprint density at radius 1 is 1.58 bits per heavy atom. The number of aromatic nitrogens is 2. The van der Waals surface area contributed by atoms with Gasteiger partial charge in [-0.25, -0.2) is 9.78 Å². The van der Waals surface area contributed by atoms with Crippen molar-refractivity contribution in [3.05, 3.63) is 29.6 Å². The number of hydrogen-bond donors (Lipinski definition) is 1. The summed E-state index contributed by atoms with van der Waals surface area (Å²) in [6, 6.07) is 5.66. The SMILES string of the molecule is CCc1nc2ccc(C(=O)O)cc2n1C1CCSC1. The van der Waals surface area contributed by atoms with Crippen LogP contribution in [0, 0.1) is 0 Å². The van der Waals surface area contributed by atoms with Crippen LogP contribution in [0.15, 0.2) is 18.2 Å². The highest BCUT2D eigenvalue weighted by Gasteiger charge is 2.22. The molecule has 1 atom stereocenters. The molecule has 1 fully saturated rings. The van der Waals surface area contributed by atoms with Crippen molar-refractivity contribution >= 4 is 28.8 Å². The van der Waals surface area contributed by atoms with Gasteiger partial charge >= 0.3 is 5.97 Å². The molecule has 0 spiro atoms. The van der Waals surface area contributed by atoms with Crippen LogP contribution in [0.5, 0.6) is 0 Å². The normalized spacial score (nSPS) is 19.1. The van der Waals surface area contributed by atoms with Crippen LogP contribution >= 0.6 is 11.8 Å². The molecular formula is C14H16N2O2S. The maximum atomic E-state index is 11.1. The second kappa shape index (κ2) is 4.89. The number of nitrogens with zero attached hydrogens (tertiary/aromatic N) is 2. The lowest BCUT2D eigenvalue weighted by atomic mass is 10.2. The lowest BCUT2D eigenvalue weighted by molar-refractivity contribution is 0.0697. The van der Waals surface area contributed by atoms with Gasteiger partial charge in [-0.15, -0.1) is 0 Å². The van der Waals surface area contributed by atoms with E-state index in [1.54, 1.807) is 12.1 Å². The van der Waals surface area contributed by atoms with Crippen LogP contribution < -0.4 is 0 Å². The maximum absolute atomic E-state index is 11.1. The van der Waals surface area contributed by atoms with Gasteiger partial charge in [-0.05, 0) is 30.4 Å². The van der Waals surface area contributed by atoms with Crippen molar-refractivity contribution in [3.63, 3.8) is 0 Å². The number of carbonyl (C=O) groups is 1. The third kappa shape index (κ3) is 2.12. The molecule has 0 saturated carbocycles. The summed E-state index contributed by atoms with van der Waals surface area (Å²) in [6.07, 6.45) is 2.01. The molecular weight excluding hydrogens is 260 g/mol. The van der Waals surface area contributed by atoms with Gasteiger partial charge in [0.15, 0.2) is 0 Å². The molecule has 1 aliphatic heterocycles. The van der Waals surface area contributed by atoms with Gasteiger partial charge in [0.25, 0.3) is 0 Å². The summed E-state index contributed by atoms with van der Waals surface area (Å²) in [6.45, 7) is 2.10. The van der Waals surface area contributed by atoms with Crippen molar-refractivity contribution in [1.82, 2.24) is 9.55 Å². The Kier molecular flexibility index (Phi) is 3.22. The molecule has 1 aliphatic rings. The van der Waals surface area contributed by atoms with E-state index in [9.17, 15) is 4.79 Å². The summed E-state index contributed by atoms with van der Waals surface area (Å²) in [5.74, 6) is 2.44. The molecule has 1 saturated heterocycles. The summed E-state index contributed by atoms with van der Waals surface area (Å²) in [5, 5.41) is 9.13. The molecule has 0 bridgehead atoms. The number of thioether (sulfide) groups is 1. The number of fused-ring (bicyclic) bond motifs is 1. The van der Waals surface area contributed by atoms with E-state index in [1.165, 1.54) is 5.75 Å². The molecule has 1 aromatic heterocycles. The zero-order chi connectivity index (χ0) is 13.4. The number of imidazole rings is 1. The Morgan fingerprint density at radius 3 is 3.05 bits per heavy atom. The van der Waals surface area contributed by atoms with Gasteiger partial charge in [0, 0.05) is 18.2 Å². The minimum atomic E-state index is -0.881. The molecule has 5 heteroatoms. The Morgan fingerprint density at radius 2 is 2.42 bits per heavy atom. The first kappa shape index (κ1) is 12.5. The van der Waals surface area contributed by atoms with Crippen LogP contribution in [0.3, 0.4) is 0 Å². The van der Waals surface area contributed by atoms with Gasteiger partial charge in [-0.2, -0.15) is 11.8 Å². The Hall–Kier alpha value is -1.49. The maximum Gasteiger partial charge on any atom is 0.335 e. The zero-order valence-electron chi connectivity index (χ0n) is 10.8. The molecule has 1 N–H and O–H groups in total. The lowest BCUT2D eigenvalue weighted by Gasteiger charge is -2.15. The van der Waals surface area contributed by atoms with Crippen molar-refractivity contribution < 1.29 is 9.90 Å².